The van der Waals surface area contributed by atoms with Crippen molar-refractivity contribution in [2.45, 2.75) is 6.92 Å². The fraction of sp³-hybridized carbons (Fsp3) is 0.222. The lowest BCUT2D eigenvalue weighted by molar-refractivity contribution is -0.386. The Morgan fingerprint density at radius 1 is 1.53 bits per heavy atom. The highest BCUT2D eigenvalue weighted by atomic mass is 79.9. The van der Waals surface area contributed by atoms with E-state index in [-0.39, 0.29) is 11.6 Å². The molecular weight excluding hydrogens is 264 g/mol. The predicted molar refractivity (Wildman–Crippen MR) is 58.9 cm³/mol. The summed E-state index contributed by atoms with van der Waals surface area (Å²) < 4.78 is 0.373. The molecule has 0 saturated carbocycles. The molecular formula is C9H9BrN2O3. The van der Waals surface area contributed by atoms with E-state index < -0.39 is 4.92 Å². The van der Waals surface area contributed by atoms with Gasteiger partial charge in [0.2, 0.25) is 0 Å². The molecule has 5 nitrogen and oxygen atoms in total. The molecule has 0 aliphatic heterocycles. The molecule has 0 aromatic heterocycles. The summed E-state index contributed by atoms with van der Waals surface area (Å²) in [6.45, 7) is 1.55. The monoisotopic (exact) mass is 272 g/mol. The molecule has 80 valence electrons. The second kappa shape index (κ2) is 4.39. The van der Waals surface area contributed by atoms with Crippen molar-refractivity contribution in [3.8, 4) is 0 Å². The third-order valence-electron chi connectivity index (χ3n) is 2.04. The van der Waals surface area contributed by atoms with E-state index in [0.29, 0.717) is 15.6 Å². The van der Waals surface area contributed by atoms with Crippen LogP contribution in [0.2, 0.25) is 0 Å². The molecule has 0 bridgehead atoms. The van der Waals surface area contributed by atoms with Gasteiger partial charge < -0.3 is 5.32 Å². The molecule has 0 fully saturated rings. The normalized spacial score (nSPS) is 9.80. The lowest BCUT2D eigenvalue weighted by Crippen LogP contribution is -2.19. The van der Waals surface area contributed by atoms with Crippen LogP contribution in [0, 0.1) is 17.0 Å². The summed E-state index contributed by atoms with van der Waals surface area (Å²) in [5, 5.41) is 13.2. The van der Waals surface area contributed by atoms with Gasteiger partial charge in [-0.25, -0.2) is 0 Å². The van der Waals surface area contributed by atoms with E-state index in [1.807, 2.05) is 0 Å². The van der Waals surface area contributed by atoms with Crippen LogP contribution >= 0.6 is 15.9 Å². The van der Waals surface area contributed by atoms with Crippen molar-refractivity contribution in [2.75, 3.05) is 7.05 Å². The minimum Gasteiger partial charge on any atom is -0.355 e. The van der Waals surface area contributed by atoms with E-state index in [2.05, 4.69) is 21.2 Å². The predicted octanol–water partition coefficient (Wildman–Crippen LogP) is 2.03. The van der Waals surface area contributed by atoms with Crippen molar-refractivity contribution in [1.29, 1.82) is 0 Å². The number of rotatable bonds is 2. The van der Waals surface area contributed by atoms with Crippen LogP contribution in [-0.2, 0) is 0 Å². The van der Waals surface area contributed by atoms with Gasteiger partial charge in [-0.1, -0.05) is 0 Å². The number of halogens is 1. The Bertz CT molecular complexity index is 432. The first-order valence-electron chi connectivity index (χ1n) is 4.14. The average Bonchev–Trinajstić information content (AvgIpc) is 2.16. The van der Waals surface area contributed by atoms with Crippen LogP contribution in [0.5, 0.6) is 0 Å². The molecule has 0 radical (unpaired) electrons. The molecule has 0 heterocycles. The van der Waals surface area contributed by atoms with E-state index >= 15 is 0 Å². The average molecular weight is 273 g/mol. The first kappa shape index (κ1) is 11.6. The molecule has 15 heavy (non-hydrogen) atoms. The topological polar surface area (TPSA) is 72.2 Å². The van der Waals surface area contributed by atoms with Gasteiger partial charge in [0.15, 0.2) is 0 Å². The van der Waals surface area contributed by atoms with E-state index in [4.69, 9.17) is 0 Å². The lowest BCUT2D eigenvalue weighted by Gasteiger charge is -2.05. The molecule has 1 amide bonds. The third-order valence-corrected chi connectivity index (χ3v) is 2.68. The first-order chi connectivity index (χ1) is 6.99. The Labute approximate surface area is 94.8 Å². The highest BCUT2D eigenvalue weighted by molar-refractivity contribution is 9.10. The molecule has 0 spiro atoms. The largest absolute Gasteiger partial charge is 0.355 e. The van der Waals surface area contributed by atoms with Crippen LogP contribution in [0.4, 0.5) is 5.69 Å². The van der Waals surface area contributed by atoms with Crippen LogP contribution < -0.4 is 5.32 Å². The van der Waals surface area contributed by atoms with Crippen LogP contribution in [0.25, 0.3) is 0 Å². The number of nitrogens with zero attached hydrogens (tertiary/aromatic N) is 1. The van der Waals surface area contributed by atoms with E-state index in [1.54, 1.807) is 13.0 Å². The molecule has 0 saturated heterocycles. The molecule has 0 aliphatic carbocycles. The molecule has 1 rings (SSSR count). The van der Waals surface area contributed by atoms with Crippen molar-refractivity contribution in [1.82, 2.24) is 5.32 Å². The lowest BCUT2D eigenvalue weighted by atomic mass is 10.1. The van der Waals surface area contributed by atoms with Crippen molar-refractivity contribution >= 4 is 27.5 Å². The zero-order valence-corrected chi connectivity index (χ0v) is 9.79. The summed E-state index contributed by atoms with van der Waals surface area (Å²) in [5.74, 6) is -0.330. The number of carbonyl (C=O) groups is 1. The summed E-state index contributed by atoms with van der Waals surface area (Å²) in [4.78, 5) is 21.6. The molecule has 0 aliphatic rings. The quantitative estimate of drug-likeness (QED) is 0.661. The second-order valence-electron chi connectivity index (χ2n) is 2.90. The van der Waals surface area contributed by atoms with Crippen molar-refractivity contribution < 1.29 is 9.72 Å². The summed E-state index contributed by atoms with van der Waals surface area (Å²) in [6, 6.07) is 3.04. The van der Waals surface area contributed by atoms with E-state index in [9.17, 15) is 14.9 Å². The van der Waals surface area contributed by atoms with Gasteiger partial charge in [-0.15, -0.1) is 0 Å². The van der Waals surface area contributed by atoms with Crippen molar-refractivity contribution in [3.63, 3.8) is 0 Å². The smallest absolute Gasteiger partial charge is 0.287 e. The van der Waals surface area contributed by atoms with Gasteiger partial charge in [0.1, 0.15) is 0 Å². The number of benzene rings is 1. The maximum atomic E-state index is 11.4. The van der Waals surface area contributed by atoms with Crippen molar-refractivity contribution in [2.24, 2.45) is 0 Å². The van der Waals surface area contributed by atoms with Gasteiger partial charge in [0.05, 0.1) is 9.40 Å². The van der Waals surface area contributed by atoms with Crippen LogP contribution in [0.15, 0.2) is 16.6 Å². The number of hydrogen-bond acceptors (Lipinski definition) is 3. The Kier molecular flexibility index (Phi) is 3.41. The van der Waals surface area contributed by atoms with Gasteiger partial charge in [-0.2, -0.15) is 0 Å². The summed E-state index contributed by atoms with van der Waals surface area (Å²) in [6.07, 6.45) is 0. The molecule has 0 unspecified atom stereocenters. The van der Waals surface area contributed by atoms with Gasteiger partial charge in [0, 0.05) is 18.2 Å². The number of hydrogen-bond donors (Lipinski definition) is 1. The van der Waals surface area contributed by atoms with Gasteiger partial charge in [-0.05, 0) is 35.0 Å². The second-order valence-corrected chi connectivity index (χ2v) is 3.76. The van der Waals surface area contributed by atoms with Gasteiger partial charge in [-0.3, -0.25) is 14.9 Å². The van der Waals surface area contributed by atoms with Crippen molar-refractivity contribution in [3.05, 3.63) is 37.8 Å². The Hall–Kier alpha value is -1.43. The minimum atomic E-state index is -0.508. The van der Waals surface area contributed by atoms with Crippen LogP contribution in [-0.4, -0.2) is 17.9 Å². The number of carbonyl (C=O) groups excluding carboxylic acids is 1. The Balaban J connectivity index is 3.41. The highest BCUT2D eigenvalue weighted by Crippen LogP contribution is 2.30. The summed E-state index contributed by atoms with van der Waals surface area (Å²) in [5.41, 5.74) is 0.595. The van der Waals surface area contributed by atoms with Gasteiger partial charge >= 0.3 is 0 Å². The van der Waals surface area contributed by atoms with Crippen LogP contribution in [0.1, 0.15) is 15.9 Å². The SMILES string of the molecule is CNC(=O)c1ccc(Br)c([N+](=O)[O-])c1C. The summed E-state index contributed by atoms with van der Waals surface area (Å²) in [7, 11) is 1.48. The zero-order chi connectivity index (χ0) is 11.6. The molecule has 0 atom stereocenters. The molecule has 1 aromatic carbocycles. The third kappa shape index (κ3) is 2.15. The summed E-state index contributed by atoms with van der Waals surface area (Å²) >= 11 is 3.08. The maximum absolute atomic E-state index is 11.4. The number of amides is 1. The highest BCUT2D eigenvalue weighted by Gasteiger charge is 2.21. The minimum absolute atomic E-state index is 0.0731. The van der Waals surface area contributed by atoms with E-state index in [0.717, 1.165) is 0 Å². The maximum Gasteiger partial charge on any atom is 0.287 e. The zero-order valence-electron chi connectivity index (χ0n) is 8.20. The first-order valence-corrected chi connectivity index (χ1v) is 4.94. The fourth-order valence-corrected chi connectivity index (χ4v) is 1.85. The molecule has 1 N–H and O–H groups in total. The molecule has 6 heteroatoms. The fourth-order valence-electron chi connectivity index (χ4n) is 1.27. The Morgan fingerprint density at radius 2 is 2.13 bits per heavy atom. The molecule has 1 aromatic rings. The standard InChI is InChI=1S/C9H9BrN2O3/c1-5-6(9(13)11-2)3-4-7(10)8(5)12(14)15/h3-4H,1-2H3,(H,11,13). The number of nitro benzene ring substituents is 1. The Morgan fingerprint density at radius 3 is 2.60 bits per heavy atom. The van der Waals surface area contributed by atoms with Crippen LogP contribution in [0.3, 0.4) is 0 Å². The van der Waals surface area contributed by atoms with E-state index in [1.165, 1.54) is 13.1 Å². The van der Waals surface area contributed by atoms with Gasteiger partial charge in [0.25, 0.3) is 11.6 Å². The number of nitro groups is 1. The number of nitrogens with one attached hydrogen (secondary N) is 1.